The minimum Gasteiger partial charge on any atom is -0.352 e. The van der Waals surface area contributed by atoms with Crippen LogP contribution in [0.3, 0.4) is 0 Å². The zero-order chi connectivity index (χ0) is 13.0. The number of aliphatic imine (C=N–C) groups is 1. The Bertz CT molecular complexity index is 414. The van der Waals surface area contributed by atoms with E-state index in [4.69, 9.17) is 0 Å². The van der Waals surface area contributed by atoms with E-state index in [0.29, 0.717) is 6.54 Å². The Morgan fingerprint density at radius 2 is 2.00 bits per heavy atom. The Hall–Kier alpha value is -1.72. The van der Waals surface area contributed by atoms with Crippen molar-refractivity contribution in [3.05, 3.63) is 35.9 Å². The van der Waals surface area contributed by atoms with Crippen molar-refractivity contribution < 1.29 is 13.2 Å². The summed E-state index contributed by atoms with van der Waals surface area (Å²) >= 11 is 0. The molecule has 18 heavy (non-hydrogen) atoms. The van der Waals surface area contributed by atoms with Gasteiger partial charge in [0, 0.05) is 13.1 Å². The van der Waals surface area contributed by atoms with Crippen LogP contribution in [0.4, 0.5) is 13.2 Å². The summed E-state index contributed by atoms with van der Waals surface area (Å²) in [5, 5.41) is 5.26. The normalized spacial score (nSPS) is 19.9. The fourth-order valence-corrected chi connectivity index (χ4v) is 1.72. The lowest BCUT2D eigenvalue weighted by molar-refractivity contribution is -0.153. The first-order valence-corrected chi connectivity index (χ1v) is 5.71. The molecule has 1 aromatic rings. The summed E-state index contributed by atoms with van der Waals surface area (Å²) in [5.74, 6) is 0.215. The van der Waals surface area contributed by atoms with Gasteiger partial charge in [0.15, 0.2) is 5.96 Å². The highest BCUT2D eigenvalue weighted by molar-refractivity contribution is 5.80. The van der Waals surface area contributed by atoms with Crippen LogP contribution in [0.25, 0.3) is 0 Å². The molecule has 0 saturated heterocycles. The van der Waals surface area contributed by atoms with Gasteiger partial charge < -0.3 is 10.6 Å². The molecule has 2 N–H and O–H groups in total. The van der Waals surface area contributed by atoms with E-state index >= 15 is 0 Å². The van der Waals surface area contributed by atoms with Crippen LogP contribution in [0.5, 0.6) is 0 Å². The van der Waals surface area contributed by atoms with Gasteiger partial charge in [-0.2, -0.15) is 13.2 Å². The molecule has 1 aliphatic heterocycles. The zero-order valence-electron chi connectivity index (χ0n) is 9.67. The number of alkyl halides is 3. The quantitative estimate of drug-likeness (QED) is 0.850. The van der Waals surface area contributed by atoms with Crippen molar-refractivity contribution in [3.8, 4) is 0 Å². The Kier molecular flexibility index (Phi) is 3.74. The predicted octanol–water partition coefficient (Wildman–Crippen LogP) is 2.06. The van der Waals surface area contributed by atoms with Crippen molar-refractivity contribution in [2.24, 2.45) is 4.99 Å². The number of nitrogens with zero attached hydrogens (tertiary/aromatic N) is 1. The molecule has 0 bridgehead atoms. The summed E-state index contributed by atoms with van der Waals surface area (Å²) in [7, 11) is 0. The molecular formula is C12H14F3N3. The van der Waals surface area contributed by atoms with Crippen LogP contribution in [-0.2, 0) is 6.54 Å². The SMILES string of the molecule is FC(F)(F)C1CCN=C(NCc2ccccc2)N1. The van der Waals surface area contributed by atoms with Crippen molar-refractivity contribution in [2.75, 3.05) is 6.54 Å². The summed E-state index contributed by atoms with van der Waals surface area (Å²) in [5.41, 5.74) is 0.996. The Balaban J connectivity index is 1.89. The highest BCUT2D eigenvalue weighted by atomic mass is 19.4. The fourth-order valence-electron chi connectivity index (χ4n) is 1.72. The van der Waals surface area contributed by atoms with Gasteiger partial charge in [-0.25, -0.2) is 0 Å². The molecule has 1 aromatic carbocycles. The second-order valence-electron chi connectivity index (χ2n) is 4.10. The monoisotopic (exact) mass is 257 g/mol. The second-order valence-corrected chi connectivity index (χ2v) is 4.10. The molecule has 1 atom stereocenters. The zero-order valence-corrected chi connectivity index (χ0v) is 9.67. The lowest BCUT2D eigenvalue weighted by Crippen LogP contribution is -2.52. The molecule has 0 aromatic heterocycles. The first-order chi connectivity index (χ1) is 8.55. The first-order valence-electron chi connectivity index (χ1n) is 5.71. The van der Waals surface area contributed by atoms with Crippen molar-refractivity contribution in [1.82, 2.24) is 10.6 Å². The third-order valence-corrected chi connectivity index (χ3v) is 2.70. The second kappa shape index (κ2) is 5.29. The van der Waals surface area contributed by atoms with Crippen molar-refractivity contribution in [3.63, 3.8) is 0 Å². The minimum atomic E-state index is -4.23. The Labute approximate surface area is 103 Å². The Morgan fingerprint density at radius 1 is 1.28 bits per heavy atom. The number of benzene rings is 1. The largest absolute Gasteiger partial charge is 0.408 e. The molecule has 0 radical (unpaired) electrons. The number of rotatable bonds is 2. The van der Waals surface area contributed by atoms with Crippen LogP contribution in [0, 0.1) is 0 Å². The van der Waals surface area contributed by atoms with E-state index in [1.807, 2.05) is 30.3 Å². The van der Waals surface area contributed by atoms with E-state index < -0.39 is 12.2 Å². The molecule has 0 saturated carbocycles. The average molecular weight is 257 g/mol. The maximum atomic E-state index is 12.5. The topological polar surface area (TPSA) is 36.4 Å². The number of hydrogen-bond donors (Lipinski definition) is 2. The van der Waals surface area contributed by atoms with Crippen LogP contribution in [-0.4, -0.2) is 24.7 Å². The first kappa shape index (κ1) is 12.7. The van der Waals surface area contributed by atoms with E-state index in [1.165, 1.54) is 0 Å². The van der Waals surface area contributed by atoms with Gasteiger partial charge in [-0.15, -0.1) is 0 Å². The predicted molar refractivity (Wildman–Crippen MR) is 63.2 cm³/mol. The van der Waals surface area contributed by atoms with Crippen LogP contribution in [0.15, 0.2) is 35.3 Å². The minimum absolute atomic E-state index is 0.0139. The molecule has 0 fully saturated rings. The van der Waals surface area contributed by atoms with E-state index in [0.717, 1.165) is 5.56 Å². The number of hydrogen-bond acceptors (Lipinski definition) is 3. The smallest absolute Gasteiger partial charge is 0.352 e. The van der Waals surface area contributed by atoms with Gasteiger partial charge in [0.05, 0.1) is 0 Å². The highest BCUT2D eigenvalue weighted by Gasteiger charge is 2.40. The third-order valence-electron chi connectivity index (χ3n) is 2.70. The van der Waals surface area contributed by atoms with E-state index in [2.05, 4.69) is 15.6 Å². The maximum Gasteiger partial charge on any atom is 0.408 e. The molecule has 6 heteroatoms. The molecular weight excluding hydrogens is 243 g/mol. The van der Waals surface area contributed by atoms with E-state index in [9.17, 15) is 13.2 Å². The number of halogens is 3. The van der Waals surface area contributed by atoms with Crippen molar-refractivity contribution in [1.29, 1.82) is 0 Å². The van der Waals surface area contributed by atoms with Gasteiger partial charge in [0.2, 0.25) is 0 Å². The van der Waals surface area contributed by atoms with Crippen LogP contribution in [0.1, 0.15) is 12.0 Å². The molecule has 0 aliphatic carbocycles. The number of nitrogens with one attached hydrogen (secondary N) is 2. The molecule has 3 nitrogen and oxygen atoms in total. The van der Waals surface area contributed by atoms with Gasteiger partial charge in [-0.1, -0.05) is 30.3 Å². The fraction of sp³-hybridized carbons (Fsp3) is 0.417. The molecule has 0 spiro atoms. The van der Waals surface area contributed by atoms with Gasteiger partial charge >= 0.3 is 6.18 Å². The molecule has 1 aliphatic rings. The molecule has 1 unspecified atom stereocenters. The van der Waals surface area contributed by atoms with Crippen LogP contribution >= 0.6 is 0 Å². The Morgan fingerprint density at radius 3 is 2.67 bits per heavy atom. The highest BCUT2D eigenvalue weighted by Crippen LogP contribution is 2.23. The summed E-state index contributed by atoms with van der Waals surface area (Å²) < 4.78 is 37.6. The summed E-state index contributed by atoms with van der Waals surface area (Å²) in [6, 6.07) is 7.94. The average Bonchev–Trinajstić information content (AvgIpc) is 2.37. The lowest BCUT2D eigenvalue weighted by Gasteiger charge is -2.26. The standard InChI is InChI=1S/C12H14F3N3/c13-12(14,15)10-6-7-16-11(18-10)17-8-9-4-2-1-3-5-9/h1-5,10H,6-8H2,(H2,16,17,18). The maximum absolute atomic E-state index is 12.5. The van der Waals surface area contributed by atoms with E-state index in [-0.39, 0.29) is 18.9 Å². The molecule has 0 amide bonds. The van der Waals surface area contributed by atoms with Crippen molar-refractivity contribution >= 4 is 5.96 Å². The third kappa shape index (κ3) is 3.38. The summed E-state index contributed by atoms with van der Waals surface area (Å²) in [6.45, 7) is 0.644. The molecule has 2 rings (SSSR count). The van der Waals surface area contributed by atoms with Crippen LogP contribution in [0.2, 0.25) is 0 Å². The summed E-state index contributed by atoms with van der Waals surface area (Å²) in [4.78, 5) is 4.00. The van der Waals surface area contributed by atoms with Gasteiger partial charge in [-0.3, -0.25) is 4.99 Å². The number of guanidine groups is 1. The van der Waals surface area contributed by atoms with Crippen LogP contribution < -0.4 is 10.6 Å². The van der Waals surface area contributed by atoms with Gasteiger partial charge in [0.1, 0.15) is 6.04 Å². The molecule has 98 valence electrons. The lowest BCUT2D eigenvalue weighted by atomic mass is 10.2. The van der Waals surface area contributed by atoms with E-state index in [1.54, 1.807) is 0 Å². The summed E-state index contributed by atoms with van der Waals surface area (Å²) in [6.07, 6.45) is -4.24. The van der Waals surface area contributed by atoms with Crippen molar-refractivity contribution in [2.45, 2.75) is 25.2 Å². The molecule has 1 heterocycles. The van der Waals surface area contributed by atoms with Gasteiger partial charge in [-0.05, 0) is 12.0 Å². The van der Waals surface area contributed by atoms with Gasteiger partial charge in [0.25, 0.3) is 0 Å².